The van der Waals surface area contributed by atoms with Crippen LogP contribution in [-0.4, -0.2) is 17.2 Å². The lowest BCUT2D eigenvalue weighted by molar-refractivity contribution is -0.132. The van der Waals surface area contributed by atoms with E-state index in [0.29, 0.717) is 6.42 Å². The third-order valence-corrected chi connectivity index (χ3v) is 1.16. The standard InChI is InChI=1S/C7H11FO2/c1-3-6(8)4-5(2)7(9)10/h4,6H,3H2,1-2H3,(H,9,10). The van der Waals surface area contributed by atoms with E-state index in [1.165, 1.54) is 6.92 Å². The summed E-state index contributed by atoms with van der Waals surface area (Å²) >= 11 is 0. The molecule has 0 fully saturated rings. The molecule has 0 aliphatic carbocycles. The smallest absolute Gasteiger partial charge is 0.331 e. The van der Waals surface area contributed by atoms with E-state index in [2.05, 4.69) is 0 Å². The number of halogens is 1. The molecule has 0 aromatic carbocycles. The predicted octanol–water partition coefficient (Wildman–Crippen LogP) is 1.77. The first-order chi connectivity index (χ1) is 4.57. The lowest BCUT2D eigenvalue weighted by atomic mass is 10.2. The molecular formula is C7H11FO2. The molecule has 3 heteroatoms. The van der Waals surface area contributed by atoms with Crippen LogP contribution in [0.4, 0.5) is 4.39 Å². The van der Waals surface area contributed by atoms with E-state index in [-0.39, 0.29) is 5.57 Å². The average Bonchev–Trinajstić information content (AvgIpc) is 1.87. The SMILES string of the molecule is CCC(F)C=C(C)C(=O)O. The first-order valence-corrected chi connectivity index (χ1v) is 3.13. The van der Waals surface area contributed by atoms with Gasteiger partial charge in [0.25, 0.3) is 0 Å². The lowest BCUT2D eigenvalue weighted by Gasteiger charge is -1.97. The van der Waals surface area contributed by atoms with Gasteiger partial charge in [-0.25, -0.2) is 9.18 Å². The van der Waals surface area contributed by atoms with E-state index < -0.39 is 12.1 Å². The zero-order valence-corrected chi connectivity index (χ0v) is 6.10. The van der Waals surface area contributed by atoms with E-state index in [1.807, 2.05) is 0 Å². The second-order valence-corrected chi connectivity index (χ2v) is 2.08. The molecule has 1 atom stereocenters. The van der Waals surface area contributed by atoms with Crippen LogP contribution in [0.3, 0.4) is 0 Å². The molecule has 0 saturated heterocycles. The highest BCUT2D eigenvalue weighted by Gasteiger charge is 2.03. The summed E-state index contributed by atoms with van der Waals surface area (Å²) in [7, 11) is 0. The second-order valence-electron chi connectivity index (χ2n) is 2.08. The van der Waals surface area contributed by atoms with Gasteiger partial charge in [-0.05, 0) is 19.4 Å². The highest BCUT2D eigenvalue weighted by atomic mass is 19.1. The Kier molecular flexibility index (Phi) is 3.69. The molecule has 0 aliphatic heterocycles. The van der Waals surface area contributed by atoms with Gasteiger partial charge in [-0.1, -0.05) is 6.92 Å². The largest absolute Gasteiger partial charge is 0.478 e. The van der Waals surface area contributed by atoms with Gasteiger partial charge >= 0.3 is 5.97 Å². The zero-order valence-electron chi connectivity index (χ0n) is 6.10. The van der Waals surface area contributed by atoms with Crippen molar-refractivity contribution in [2.24, 2.45) is 0 Å². The Bertz CT molecular complexity index is 152. The minimum Gasteiger partial charge on any atom is -0.478 e. The van der Waals surface area contributed by atoms with Crippen LogP contribution in [0, 0.1) is 0 Å². The van der Waals surface area contributed by atoms with Crippen molar-refractivity contribution in [3.63, 3.8) is 0 Å². The molecule has 0 aliphatic rings. The molecule has 10 heavy (non-hydrogen) atoms. The maximum Gasteiger partial charge on any atom is 0.331 e. The van der Waals surface area contributed by atoms with Gasteiger partial charge in [0.15, 0.2) is 0 Å². The number of hydrogen-bond acceptors (Lipinski definition) is 1. The third-order valence-electron chi connectivity index (χ3n) is 1.16. The van der Waals surface area contributed by atoms with Gasteiger partial charge in [0.2, 0.25) is 0 Å². The molecule has 0 saturated carbocycles. The Labute approximate surface area is 59.4 Å². The Balaban J connectivity index is 4.02. The Morgan fingerprint density at radius 3 is 2.60 bits per heavy atom. The topological polar surface area (TPSA) is 37.3 Å². The Morgan fingerprint density at radius 1 is 1.80 bits per heavy atom. The van der Waals surface area contributed by atoms with E-state index in [4.69, 9.17) is 5.11 Å². The maximum atomic E-state index is 12.4. The van der Waals surface area contributed by atoms with E-state index >= 15 is 0 Å². The molecule has 0 bridgehead atoms. The monoisotopic (exact) mass is 146 g/mol. The molecule has 58 valence electrons. The predicted molar refractivity (Wildman–Crippen MR) is 36.6 cm³/mol. The summed E-state index contributed by atoms with van der Waals surface area (Å²) in [6, 6.07) is 0. The van der Waals surface area contributed by atoms with E-state index in [9.17, 15) is 9.18 Å². The number of carboxylic acids is 1. The van der Waals surface area contributed by atoms with Gasteiger partial charge < -0.3 is 5.11 Å². The number of alkyl halides is 1. The van der Waals surface area contributed by atoms with Crippen molar-refractivity contribution in [2.75, 3.05) is 0 Å². The first-order valence-electron chi connectivity index (χ1n) is 3.13. The van der Waals surface area contributed by atoms with Crippen molar-refractivity contribution in [3.05, 3.63) is 11.6 Å². The fourth-order valence-corrected chi connectivity index (χ4v) is 0.460. The van der Waals surface area contributed by atoms with Crippen LogP contribution in [0.15, 0.2) is 11.6 Å². The number of carboxylic acid groups (broad SMARTS) is 1. The molecule has 0 aromatic heterocycles. The van der Waals surface area contributed by atoms with Crippen LogP contribution in [0.25, 0.3) is 0 Å². The Hall–Kier alpha value is -0.860. The normalized spacial score (nSPS) is 14.9. The lowest BCUT2D eigenvalue weighted by Crippen LogP contribution is -2.00. The van der Waals surface area contributed by atoms with Crippen molar-refractivity contribution in [3.8, 4) is 0 Å². The summed E-state index contributed by atoms with van der Waals surface area (Å²) in [6.07, 6.45) is 0.309. The molecule has 2 nitrogen and oxygen atoms in total. The molecule has 0 amide bonds. The average molecular weight is 146 g/mol. The molecule has 1 N–H and O–H groups in total. The van der Waals surface area contributed by atoms with Crippen LogP contribution in [0.5, 0.6) is 0 Å². The number of hydrogen-bond donors (Lipinski definition) is 1. The van der Waals surface area contributed by atoms with Gasteiger partial charge in [-0.2, -0.15) is 0 Å². The van der Waals surface area contributed by atoms with Gasteiger partial charge in [0, 0.05) is 5.57 Å². The highest BCUT2D eigenvalue weighted by molar-refractivity contribution is 5.85. The number of rotatable bonds is 3. The third kappa shape index (κ3) is 3.22. The van der Waals surface area contributed by atoms with Gasteiger partial charge in [-0.3, -0.25) is 0 Å². The van der Waals surface area contributed by atoms with Crippen LogP contribution in [-0.2, 0) is 4.79 Å². The van der Waals surface area contributed by atoms with Crippen molar-refractivity contribution < 1.29 is 14.3 Å². The van der Waals surface area contributed by atoms with Crippen LogP contribution < -0.4 is 0 Å². The number of carbonyl (C=O) groups is 1. The molecule has 0 heterocycles. The van der Waals surface area contributed by atoms with E-state index in [1.54, 1.807) is 6.92 Å². The van der Waals surface area contributed by atoms with Crippen molar-refractivity contribution in [2.45, 2.75) is 26.4 Å². The van der Waals surface area contributed by atoms with E-state index in [0.717, 1.165) is 6.08 Å². The summed E-state index contributed by atoms with van der Waals surface area (Å²) in [4.78, 5) is 10.1. The van der Waals surface area contributed by atoms with Crippen LogP contribution in [0.2, 0.25) is 0 Å². The second kappa shape index (κ2) is 4.04. The van der Waals surface area contributed by atoms with Crippen molar-refractivity contribution >= 4 is 5.97 Å². The number of allylic oxidation sites excluding steroid dienone is 1. The quantitative estimate of drug-likeness (QED) is 0.616. The van der Waals surface area contributed by atoms with Gasteiger partial charge in [0.1, 0.15) is 6.17 Å². The molecule has 0 spiro atoms. The molecule has 0 rings (SSSR count). The fraction of sp³-hybridized carbons (Fsp3) is 0.571. The molecule has 1 unspecified atom stereocenters. The van der Waals surface area contributed by atoms with Crippen LogP contribution >= 0.6 is 0 Å². The summed E-state index contributed by atoms with van der Waals surface area (Å²) in [5.41, 5.74) is 0.0642. The molecule has 0 aromatic rings. The van der Waals surface area contributed by atoms with Crippen LogP contribution in [0.1, 0.15) is 20.3 Å². The van der Waals surface area contributed by atoms with Crippen molar-refractivity contribution in [1.29, 1.82) is 0 Å². The minimum atomic E-state index is -1.13. The summed E-state index contributed by atoms with van der Waals surface area (Å²) in [5.74, 6) is -1.06. The summed E-state index contributed by atoms with van der Waals surface area (Å²) < 4.78 is 12.4. The molecular weight excluding hydrogens is 135 g/mol. The molecule has 0 radical (unpaired) electrons. The van der Waals surface area contributed by atoms with Crippen molar-refractivity contribution in [1.82, 2.24) is 0 Å². The highest BCUT2D eigenvalue weighted by Crippen LogP contribution is 2.02. The summed E-state index contributed by atoms with van der Waals surface area (Å²) in [5, 5.41) is 8.29. The Morgan fingerprint density at radius 2 is 2.30 bits per heavy atom. The van der Waals surface area contributed by atoms with Gasteiger partial charge in [0.05, 0.1) is 0 Å². The fourth-order valence-electron chi connectivity index (χ4n) is 0.460. The maximum absolute atomic E-state index is 12.4. The number of aliphatic carboxylic acids is 1. The minimum absolute atomic E-state index is 0.0642. The summed E-state index contributed by atoms with van der Waals surface area (Å²) in [6.45, 7) is 3.04. The zero-order chi connectivity index (χ0) is 8.15. The first kappa shape index (κ1) is 9.14. The van der Waals surface area contributed by atoms with Gasteiger partial charge in [-0.15, -0.1) is 0 Å².